The first-order valence-corrected chi connectivity index (χ1v) is 5.77. The number of aryl methyl sites for hydroxylation is 1. The Morgan fingerprint density at radius 2 is 2.05 bits per heavy atom. The molecule has 0 aliphatic carbocycles. The quantitative estimate of drug-likeness (QED) is 0.660. The summed E-state index contributed by atoms with van der Waals surface area (Å²) in [5, 5.41) is 20.7. The number of hydrogen-bond donors (Lipinski definition) is 4. The lowest BCUT2D eigenvalue weighted by molar-refractivity contribution is 0.0692. The van der Waals surface area contributed by atoms with E-state index in [4.69, 9.17) is 5.11 Å². The fraction of sp³-hybridized carbons (Fsp3) is 0.500. The summed E-state index contributed by atoms with van der Waals surface area (Å²) >= 11 is 0. The van der Waals surface area contributed by atoms with E-state index < -0.39 is 17.5 Å². The number of rotatable bonds is 4. The lowest BCUT2D eigenvalue weighted by Crippen LogP contribution is -2.49. The van der Waals surface area contributed by atoms with E-state index >= 15 is 0 Å². The van der Waals surface area contributed by atoms with E-state index in [1.54, 1.807) is 26.8 Å². The van der Waals surface area contributed by atoms with Gasteiger partial charge in [-0.3, -0.25) is 0 Å². The van der Waals surface area contributed by atoms with Crippen LogP contribution in [0.15, 0.2) is 6.07 Å². The van der Waals surface area contributed by atoms with E-state index in [-0.39, 0.29) is 18.0 Å². The Morgan fingerprint density at radius 3 is 2.53 bits per heavy atom. The Morgan fingerprint density at radius 1 is 1.47 bits per heavy atom. The van der Waals surface area contributed by atoms with E-state index in [2.05, 4.69) is 10.3 Å². The van der Waals surface area contributed by atoms with E-state index in [0.717, 1.165) is 0 Å². The van der Waals surface area contributed by atoms with E-state index in [1.807, 2.05) is 0 Å². The molecule has 0 unspecified atom stereocenters. The minimum atomic E-state index is -1.15. The zero-order valence-electron chi connectivity index (χ0n) is 11.4. The predicted octanol–water partition coefficient (Wildman–Crippen LogP) is 1.26. The van der Waals surface area contributed by atoms with Crippen molar-refractivity contribution >= 4 is 17.7 Å². The van der Waals surface area contributed by atoms with Crippen LogP contribution in [0.2, 0.25) is 0 Å². The van der Waals surface area contributed by atoms with Gasteiger partial charge in [-0.15, -0.1) is 0 Å². The molecule has 106 valence electrons. The third-order valence-electron chi connectivity index (χ3n) is 3.01. The molecule has 0 aliphatic rings. The fourth-order valence-electron chi connectivity index (χ4n) is 1.44. The summed E-state index contributed by atoms with van der Waals surface area (Å²) in [4.78, 5) is 27.0. The zero-order valence-corrected chi connectivity index (χ0v) is 11.4. The number of carbonyl (C=O) groups excluding carboxylic acids is 1. The molecule has 0 aromatic carbocycles. The van der Waals surface area contributed by atoms with Gasteiger partial charge in [-0.05, 0) is 26.8 Å². The molecule has 0 atom stereocenters. The highest BCUT2D eigenvalue weighted by Gasteiger charge is 2.27. The van der Waals surface area contributed by atoms with Crippen molar-refractivity contribution in [1.29, 1.82) is 0 Å². The number of H-pyrrole nitrogens is 1. The molecule has 0 radical (unpaired) electrons. The van der Waals surface area contributed by atoms with Crippen LogP contribution in [0.4, 0.5) is 10.5 Å². The van der Waals surface area contributed by atoms with Gasteiger partial charge in [0.25, 0.3) is 0 Å². The van der Waals surface area contributed by atoms with Gasteiger partial charge >= 0.3 is 12.0 Å². The van der Waals surface area contributed by atoms with Gasteiger partial charge in [0.1, 0.15) is 5.69 Å². The summed E-state index contributed by atoms with van der Waals surface area (Å²) in [5.74, 6) is -1.15. The number of aromatic amines is 1. The number of hydrogen-bond acceptors (Lipinski definition) is 3. The molecule has 0 saturated heterocycles. The number of aromatic carboxylic acids is 1. The molecular weight excluding hydrogens is 250 g/mol. The second-order valence-corrected chi connectivity index (χ2v) is 5.01. The van der Waals surface area contributed by atoms with Crippen molar-refractivity contribution in [2.24, 2.45) is 0 Å². The van der Waals surface area contributed by atoms with Gasteiger partial charge in [0.15, 0.2) is 0 Å². The van der Waals surface area contributed by atoms with Crippen molar-refractivity contribution in [3.8, 4) is 0 Å². The normalized spacial score (nSPS) is 11.2. The average molecular weight is 269 g/mol. The molecule has 19 heavy (non-hydrogen) atoms. The molecule has 1 rings (SSSR count). The summed E-state index contributed by atoms with van der Waals surface area (Å²) < 4.78 is 0. The van der Waals surface area contributed by atoms with Crippen molar-refractivity contribution in [1.82, 2.24) is 9.88 Å². The summed E-state index contributed by atoms with van der Waals surface area (Å²) in [6, 6.07) is 1.06. The maximum Gasteiger partial charge on any atom is 0.354 e. The second-order valence-electron chi connectivity index (χ2n) is 5.01. The minimum Gasteiger partial charge on any atom is -0.477 e. The van der Waals surface area contributed by atoms with Crippen molar-refractivity contribution < 1.29 is 19.8 Å². The molecule has 7 nitrogen and oxygen atoms in total. The molecule has 0 fully saturated rings. The Balaban J connectivity index is 2.91. The highest BCUT2D eigenvalue weighted by atomic mass is 16.4. The first-order valence-electron chi connectivity index (χ1n) is 5.77. The number of carbonyl (C=O) groups is 2. The standard InChI is InChI=1S/C12H19N3O4/c1-7-5-8(9(13-7)10(17)18)14-11(19)15(4)12(2,3)6-16/h5,13,16H,6H2,1-4H3,(H,14,19)(H,17,18). The Hall–Kier alpha value is -2.02. The zero-order chi connectivity index (χ0) is 14.8. The van der Waals surface area contributed by atoms with Gasteiger partial charge in [-0.25, -0.2) is 9.59 Å². The lowest BCUT2D eigenvalue weighted by atomic mass is 10.1. The van der Waals surface area contributed by atoms with Gasteiger partial charge in [0.2, 0.25) is 0 Å². The number of aliphatic hydroxyl groups is 1. The molecule has 0 saturated carbocycles. The van der Waals surface area contributed by atoms with E-state index in [1.165, 1.54) is 11.9 Å². The fourth-order valence-corrected chi connectivity index (χ4v) is 1.44. The van der Waals surface area contributed by atoms with Crippen LogP contribution in [0.3, 0.4) is 0 Å². The minimum absolute atomic E-state index is 0.0685. The van der Waals surface area contributed by atoms with E-state index in [0.29, 0.717) is 5.69 Å². The summed E-state index contributed by atoms with van der Waals surface area (Å²) in [5.41, 5.74) is 0.0344. The molecule has 0 bridgehead atoms. The average Bonchev–Trinajstić information content (AvgIpc) is 2.69. The van der Waals surface area contributed by atoms with Gasteiger partial charge in [0.05, 0.1) is 17.8 Å². The van der Waals surface area contributed by atoms with Crippen LogP contribution in [0.25, 0.3) is 0 Å². The maximum atomic E-state index is 12.0. The number of amides is 2. The number of nitrogens with one attached hydrogen (secondary N) is 2. The topological polar surface area (TPSA) is 106 Å². The number of carboxylic acids is 1. The SMILES string of the molecule is Cc1cc(NC(=O)N(C)C(C)(C)CO)c(C(=O)O)[nH]1. The first kappa shape index (κ1) is 15.0. The number of likely N-dealkylation sites (N-methyl/N-ethyl adjacent to an activating group) is 1. The highest BCUT2D eigenvalue weighted by Crippen LogP contribution is 2.19. The largest absolute Gasteiger partial charge is 0.477 e. The molecule has 1 aromatic heterocycles. The Labute approximate surface area is 111 Å². The van der Waals surface area contributed by atoms with Crippen LogP contribution < -0.4 is 5.32 Å². The molecule has 4 N–H and O–H groups in total. The predicted molar refractivity (Wildman–Crippen MR) is 70.4 cm³/mol. The summed E-state index contributed by atoms with van der Waals surface area (Å²) in [7, 11) is 1.53. The van der Waals surface area contributed by atoms with Crippen LogP contribution in [-0.4, -0.2) is 51.3 Å². The van der Waals surface area contributed by atoms with Gasteiger partial charge in [0, 0.05) is 12.7 Å². The lowest BCUT2D eigenvalue weighted by Gasteiger charge is -2.33. The van der Waals surface area contributed by atoms with Gasteiger partial charge < -0.3 is 25.4 Å². The van der Waals surface area contributed by atoms with Crippen LogP contribution >= 0.6 is 0 Å². The molecule has 0 spiro atoms. The number of aliphatic hydroxyl groups excluding tert-OH is 1. The number of nitrogens with zero attached hydrogens (tertiary/aromatic N) is 1. The molecular formula is C12H19N3O4. The molecule has 1 aromatic rings. The van der Waals surface area contributed by atoms with Gasteiger partial charge in [-0.2, -0.15) is 0 Å². The number of anilines is 1. The third kappa shape index (κ3) is 3.25. The summed E-state index contributed by atoms with van der Waals surface area (Å²) in [6.45, 7) is 4.90. The number of urea groups is 1. The van der Waals surface area contributed by atoms with Crippen LogP contribution in [-0.2, 0) is 0 Å². The van der Waals surface area contributed by atoms with Crippen molar-refractivity contribution in [2.75, 3.05) is 19.0 Å². The van der Waals surface area contributed by atoms with Crippen LogP contribution in [0.1, 0.15) is 30.0 Å². The smallest absolute Gasteiger partial charge is 0.354 e. The molecule has 2 amide bonds. The van der Waals surface area contributed by atoms with Crippen LogP contribution in [0, 0.1) is 6.92 Å². The highest BCUT2D eigenvalue weighted by molar-refractivity contribution is 5.99. The van der Waals surface area contributed by atoms with Crippen molar-refractivity contribution in [3.63, 3.8) is 0 Å². The van der Waals surface area contributed by atoms with Crippen molar-refractivity contribution in [2.45, 2.75) is 26.3 Å². The number of carboxylic acid groups (broad SMARTS) is 1. The maximum absolute atomic E-state index is 12.0. The number of aromatic nitrogens is 1. The molecule has 7 heteroatoms. The third-order valence-corrected chi connectivity index (χ3v) is 3.01. The monoisotopic (exact) mass is 269 g/mol. The van der Waals surface area contributed by atoms with Gasteiger partial charge in [-0.1, -0.05) is 0 Å². The summed E-state index contributed by atoms with van der Waals surface area (Å²) in [6.07, 6.45) is 0. The molecule has 0 aliphatic heterocycles. The first-order chi connectivity index (χ1) is 8.69. The second kappa shape index (κ2) is 5.31. The molecule has 1 heterocycles. The van der Waals surface area contributed by atoms with E-state index in [9.17, 15) is 14.7 Å². The van der Waals surface area contributed by atoms with Crippen LogP contribution in [0.5, 0.6) is 0 Å². The van der Waals surface area contributed by atoms with Crippen molar-refractivity contribution in [3.05, 3.63) is 17.5 Å². The Bertz CT molecular complexity index is 493. The Kier molecular flexibility index (Phi) is 4.21.